The van der Waals surface area contributed by atoms with E-state index in [9.17, 15) is 29.1 Å². The second-order valence-corrected chi connectivity index (χ2v) is 13.6. The summed E-state index contributed by atoms with van der Waals surface area (Å²) in [5.74, 6) is -2.40. The Morgan fingerprint density at radius 1 is 0.957 bits per heavy atom. The Kier molecular flexibility index (Phi) is 12.6. The summed E-state index contributed by atoms with van der Waals surface area (Å²) in [5.41, 5.74) is 0.785. The molecule has 0 spiro atoms. The van der Waals surface area contributed by atoms with Gasteiger partial charge in [-0.3, -0.25) is 14.2 Å². The van der Waals surface area contributed by atoms with Gasteiger partial charge in [-0.1, -0.05) is 58.7 Å². The number of ether oxygens (including phenoxy) is 1. The van der Waals surface area contributed by atoms with Crippen LogP contribution in [0.4, 0.5) is 9.59 Å². The van der Waals surface area contributed by atoms with E-state index in [2.05, 4.69) is 16.0 Å². The number of aromatic nitrogens is 1. The molecule has 3 rings (SSSR count). The van der Waals surface area contributed by atoms with Crippen LogP contribution in [0.3, 0.4) is 0 Å². The molecule has 0 aliphatic carbocycles. The maximum atomic E-state index is 14.0. The van der Waals surface area contributed by atoms with Crippen molar-refractivity contribution in [3.8, 4) is 0 Å². The van der Waals surface area contributed by atoms with Crippen LogP contribution in [-0.2, 0) is 25.5 Å². The Bertz CT molecular complexity index is 1390. The van der Waals surface area contributed by atoms with Crippen LogP contribution in [0.1, 0.15) is 92.1 Å². The third kappa shape index (κ3) is 9.46. The predicted molar refractivity (Wildman–Crippen MR) is 175 cm³/mol. The number of unbranched alkanes of at least 4 members (excludes halogenated alkanes) is 1. The number of carbonyl (C=O) groups excluding carboxylic acids is 4. The van der Waals surface area contributed by atoms with Gasteiger partial charge in [-0.05, 0) is 63.0 Å². The van der Waals surface area contributed by atoms with Gasteiger partial charge in [-0.2, -0.15) is 0 Å². The van der Waals surface area contributed by atoms with Crippen molar-refractivity contribution < 1.29 is 33.8 Å². The zero-order valence-corrected chi connectivity index (χ0v) is 28.2. The summed E-state index contributed by atoms with van der Waals surface area (Å²) in [5, 5.41) is 18.9. The van der Waals surface area contributed by atoms with Crippen LogP contribution in [0.5, 0.6) is 0 Å². The van der Waals surface area contributed by atoms with Crippen LogP contribution < -0.4 is 16.0 Å². The van der Waals surface area contributed by atoms with Gasteiger partial charge in [0, 0.05) is 30.1 Å². The molecule has 1 saturated heterocycles. The summed E-state index contributed by atoms with van der Waals surface area (Å²) in [6.07, 6.45) is 5.53. The number of rotatable bonds is 12. The van der Waals surface area contributed by atoms with Gasteiger partial charge in [0.1, 0.15) is 18.1 Å². The van der Waals surface area contributed by atoms with Crippen molar-refractivity contribution in [2.24, 2.45) is 5.41 Å². The van der Waals surface area contributed by atoms with Crippen LogP contribution in [0.2, 0.25) is 0 Å². The molecule has 2 aromatic rings. The second kappa shape index (κ2) is 16.0. The number of carbonyl (C=O) groups is 5. The highest BCUT2D eigenvalue weighted by atomic mass is 16.5. The van der Waals surface area contributed by atoms with Crippen LogP contribution >= 0.6 is 0 Å². The Balaban J connectivity index is 1.97. The van der Waals surface area contributed by atoms with E-state index in [1.807, 2.05) is 41.5 Å². The van der Waals surface area contributed by atoms with Crippen molar-refractivity contribution in [2.75, 3.05) is 7.11 Å². The highest BCUT2D eigenvalue weighted by Gasteiger charge is 2.35. The van der Waals surface area contributed by atoms with Gasteiger partial charge in [0.15, 0.2) is 0 Å². The minimum atomic E-state index is -1.21. The molecule has 0 radical (unpaired) electrons. The number of carboxylic acids is 1. The lowest BCUT2D eigenvalue weighted by molar-refractivity contribution is -0.142. The molecule has 1 aromatic heterocycles. The van der Waals surface area contributed by atoms with E-state index >= 15 is 0 Å². The number of hydrogen-bond acceptors (Lipinski definition) is 6. The maximum absolute atomic E-state index is 14.0. The number of urea groups is 1. The van der Waals surface area contributed by atoms with E-state index in [1.54, 1.807) is 35.4 Å². The van der Waals surface area contributed by atoms with Crippen molar-refractivity contribution in [1.29, 1.82) is 0 Å². The first-order chi connectivity index (χ1) is 21.7. The first-order valence-electron chi connectivity index (χ1n) is 16.3. The number of amides is 4. The van der Waals surface area contributed by atoms with Crippen molar-refractivity contribution in [3.05, 3.63) is 36.0 Å². The lowest BCUT2D eigenvalue weighted by Gasteiger charge is -2.40. The van der Waals surface area contributed by atoms with E-state index in [0.29, 0.717) is 29.3 Å². The molecular weight excluding hydrogens is 590 g/mol. The van der Waals surface area contributed by atoms with Crippen molar-refractivity contribution in [1.82, 2.24) is 25.4 Å². The summed E-state index contributed by atoms with van der Waals surface area (Å²) in [7, 11) is 1.27. The molecule has 0 unspecified atom stereocenters. The Labute approximate surface area is 271 Å². The topological polar surface area (TPSA) is 159 Å². The third-order valence-corrected chi connectivity index (χ3v) is 8.54. The molecule has 254 valence electrons. The van der Waals surface area contributed by atoms with Crippen LogP contribution in [0.15, 0.2) is 30.5 Å². The Morgan fingerprint density at radius 3 is 2.15 bits per heavy atom. The average molecular weight is 642 g/mol. The summed E-state index contributed by atoms with van der Waals surface area (Å²) in [6.45, 7) is 11.8. The van der Waals surface area contributed by atoms with Gasteiger partial charge >= 0.3 is 18.1 Å². The smallest absolute Gasteiger partial charge is 0.418 e. The third-order valence-electron chi connectivity index (χ3n) is 8.54. The Hall–Kier alpha value is -4.09. The van der Waals surface area contributed by atoms with Gasteiger partial charge in [-0.25, -0.2) is 14.4 Å². The van der Waals surface area contributed by atoms with E-state index in [1.165, 1.54) is 11.7 Å². The quantitative estimate of drug-likeness (QED) is 0.259. The highest BCUT2D eigenvalue weighted by Crippen LogP contribution is 2.26. The summed E-state index contributed by atoms with van der Waals surface area (Å²) in [4.78, 5) is 67.6. The van der Waals surface area contributed by atoms with Crippen LogP contribution in [-0.4, -0.2) is 81.8 Å². The second-order valence-electron chi connectivity index (χ2n) is 13.6. The van der Waals surface area contributed by atoms with Gasteiger partial charge in [0.05, 0.1) is 12.6 Å². The normalized spacial score (nSPS) is 18.7. The molecule has 1 fully saturated rings. The molecule has 4 N–H and O–H groups in total. The monoisotopic (exact) mass is 641 g/mol. The zero-order valence-electron chi connectivity index (χ0n) is 28.2. The lowest BCUT2D eigenvalue weighted by Crippen LogP contribution is -2.60. The first kappa shape index (κ1) is 36.4. The maximum Gasteiger partial charge on any atom is 0.418 e. The minimum absolute atomic E-state index is 0.0174. The van der Waals surface area contributed by atoms with Crippen LogP contribution in [0.25, 0.3) is 10.9 Å². The van der Waals surface area contributed by atoms with Crippen molar-refractivity contribution in [3.63, 3.8) is 0 Å². The van der Waals surface area contributed by atoms with E-state index < -0.39 is 42.0 Å². The first-order valence-corrected chi connectivity index (χ1v) is 16.3. The number of hydrogen-bond donors (Lipinski definition) is 4. The van der Waals surface area contributed by atoms with Gasteiger partial charge < -0.3 is 30.7 Å². The summed E-state index contributed by atoms with van der Waals surface area (Å²) >= 11 is 0. The standard InChI is InChI=1S/C34H51N5O7/c1-8-9-16-25(31(42)43)35-29(40)26(18-23-20-38(33(45)46-7)28-17-11-10-15-24(23)28)36-30(41)27(19-34(4,5)6)37-32(44)39-21(2)13-12-14-22(39)3/h10-11,15,17,20-22,25-27H,8-9,12-14,16,18-19H2,1-7H3,(H,35,40)(H,36,41)(H,37,44)(H,42,43)/t21-,22+,25-,26-,27+/m0/s1. The number of benzene rings is 1. The fourth-order valence-corrected chi connectivity index (χ4v) is 6.17. The summed E-state index contributed by atoms with van der Waals surface area (Å²) in [6, 6.07) is 3.49. The molecule has 1 aliphatic rings. The molecule has 46 heavy (non-hydrogen) atoms. The number of nitrogens with zero attached hydrogens (tertiary/aromatic N) is 2. The molecule has 0 saturated carbocycles. The molecule has 0 bridgehead atoms. The number of piperidine rings is 1. The number of likely N-dealkylation sites (tertiary alicyclic amines) is 1. The zero-order chi connectivity index (χ0) is 34.2. The van der Waals surface area contributed by atoms with E-state index in [4.69, 9.17) is 4.74 Å². The van der Waals surface area contributed by atoms with Gasteiger partial charge in [-0.15, -0.1) is 0 Å². The average Bonchev–Trinajstić information content (AvgIpc) is 3.35. The molecule has 2 heterocycles. The predicted octanol–water partition coefficient (Wildman–Crippen LogP) is 4.82. The molecule has 1 aliphatic heterocycles. The molecule has 4 amide bonds. The number of methoxy groups -OCH3 is 1. The fraction of sp³-hybridized carbons (Fsp3) is 0.618. The van der Waals surface area contributed by atoms with Crippen molar-refractivity contribution in [2.45, 2.75) is 123 Å². The van der Waals surface area contributed by atoms with Gasteiger partial charge in [0.25, 0.3) is 0 Å². The minimum Gasteiger partial charge on any atom is -0.480 e. The number of fused-ring (bicyclic) bond motifs is 1. The molecule has 12 heteroatoms. The van der Waals surface area contributed by atoms with Gasteiger partial charge in [0.2, 0.25) is 11.8 Å². The fourth-order valence-electron chi connectivity index (χ4n) is 6.17. The Morgan fingerprint density at radius 2 is 1.57 bits per heavy atom. The van der Waals surface area contributed by atoms with E-state index in [0.717, 1.165) is 25.7 Å². The lowest BCUT2D eigenvalue weighted by atomic mass is 9.87. The highest BCUT2D eigenvalue weighted by molar-refractivity contribution is 5.95. The number of para-hydroxylation sites is 1. The van der Waals surface area contributed by atoms with Crippen molar-refractivity contribution >= 4 is 40.8 Å². The number of carboxylic acid groups (broad SMARTS) is 1. The molecule has 5 atom stereocenters. The number of nitrogens with one attached hydrogen (secondary N) is 3. The molecule has 1 aromatic carbocycles. The SMILES string of the molecule is CCCC[C@H](NC(=O)[C@H](Cc1cn(C(=O)OC)c2ccccc12)NC(=O)[C@@H](CC(C)(C)C)NC(=O)N1[C@H](C)CCC[C@@H]1C)C(=O)O. The summed E-state index contributed by atoms with van der Waals surface area (Å²) < 4.78 is 6.26. The van der Waals surface area contributed by atoms with Crippen LogP contribution in [0, 0.1) is 5.41 Å². The van der Waals surface area contributed by atoms with E-state index in [-0.39, 0.29) is 36.4 Å². The molecular formula is C34H51N5O7. The largest absolute Gasteiger partial charge is 0.480 e. The number of aliphatic carboxylic acids is 1. The molecule has 12 nitrogen and oxygen atoms in total.